The van der Waals surface area contributed by atoms with Crippen LogP contribution in [0.4, 0.5) is 0 Å². The van der Waals surface area contributed by atoms with Gasteiger partial charge in [0.05, 0.1) is 13.2 Å². The van der Waals surface area contributed by atoms with Crippen LogP contribution < -0.4 is 4.74 Å². The number of amides is 2. The molecule has 0 bridgehead atoms. The van der Waals surface area contributed by atoms with Gasteiger partial charge in [-0.15, -0.1) is 0 Å². The number of hydrogen-bond donors (Lipinski definition) is 0. The van der Waals surface area contributed by atoms with Crippen molar-refractivity contribution in [2.75, 3.05) is 39.4 Å². The highest BCUT2D eigenvalue weighted by Crippen LogP contribution is 2.28. The third kappa shape index (κ3) is 6.56. The lowest BCUT2D eigenvalue weighted by molar-refractivity contribution is -0.141. The Morgan fingerprint density at radius 1 is 1.18 bits per heavy atom. The molecule has 9 nitrogen and oxygen atoms in total. The van der Waals surface area contributed by atoms with Crippen molar-refractivity contribution in [3.63, 3.8) is 0 Å². The Morgan fingerprint density at radius 2 is 2.00 bits per heavy atom. The summed E-state index contributed by atoms with van der Waals surface area (Å²) in [7, 11) is 0. The van der Waals surface area contributed by atoms with Gasteiger partial charge in [-0.3, -0.25) is 9.59 Å². The Balaban J connectivity index is 1.40. The summed E-state index contributed by atoms with van der Waals surface area (Å²) < 4.78 is 17.8. The molecule has 0 N–H and O–H groups in total. The second kappa shape index (κ2) is 11.8. The Bertz CT molecular complexity index is 978. The monoisotopic (exact) mass is 534 g/mol. The molecule has 4 rings (SSSR count). The van der Waals surface area contributed by atoms with Gasteiger partial charge in [0.25, 0.3) is 0 Å². The van der Waals surface area contributed by atoms with E-state index in [0.717, 1.165) is 10.2 Å². The molecule has 2 saturated heterocycles. The summed E-state index contributed by atoms with van der Waals surface area (Å²) in [6.07, 6.45) is 2.27. The number of piperidine rings is 1. The molecular weight excluding hydrogens is 504 g/mol. The summed E-state index contributed by atoms with van der Waals surface area (Å²) in [4.78, 5) is 34.0. The Morgan fingerprint density at radius 3 is 2.74 bits per heavy atom. The van der Waals surface area contributed by atoms with Gasteiger partial charge in [-0.2, -0.15) is 4.98 Å². The Kier molecular flexibility index (Phi) is 8.55. The van der Waals surface area contributed by atoms with Gasteiger partial charge in [0.1, 0.15) is 11.9 Å². The summed E-state index contributed by atoms with van der Waals surface area (Å²) in [5, 5.41) is 3.89. The molecule has 2 aliphatic rings. The molecule has 0 radical (unpaired) electrons. The van der Waals surface area contributed by atoms with E-state index in [0.29, 0.717) is 83.2 Å². The number of carbonyl (C=O) groups excluding carboxylic acids is 2. The van der Waals surface area contributed by atoms with E-state index >= 15 is 0 Å². The quantitative estimate of drug-likeness (QED) is 0.513. The molecular formula is C24H31BrN4O5. The fourth-order valence-corrected chi connectivity index (χ4v) is 4.76. The topological polar surface area (TPSA) is 98.0 Å². The summed E-state index contributed by atoms with van der Waals surface area (Å²) in [6, 6.07) is 7.71. The fourth-order valence-electron chi connectivity index (χ4n) is 4.38. The highest BCUT2D eigenvalue weighted by molar-refractivity contribution is 9.10. The van der Waals surface area contributed by atoms with Crippen LogP contribution in [-0.2, 0) is 27.2 Å². The summed E-state index contributed by atoms with van der Waals surface area (Å²) in [6.45, 7) is 5.37. The zero-order valence-corrected chi connectivity index (χ0v) is 21.0. The van der Waals surface area contributed by atoms with Crippen LogP contribution in [0.3, 0.4) is 0 Å². The number of morpholine rings is 1. The number of ether oxygens (including phenoxy) is 2. The van der Waals surface area contributed by atoms with Gasteiger partial charge in [0.15, 0.2) is 5.82 Å². The van der Waals surface area contributed by atoms with Gasteiger partial charge in [0, 0.05) is 68.7 Å². The number of aromatic nitrogens is 2. The molecule has 2 atom stereocenters. The largest absolute Gasteiger partial charge is 0.490 e. The maximum Gasteiger partial charge on any atom is 0.227 e. The lowest BCUT2D eigenvalue weighted by atomic mass is 9.90. The number of likely N-dealkylation sites (tertiary alicyclic amines) is 1. The summed E-state index contributed by atoms with van der Waals surface area (Å²) in [5.74, 6) is 1.91. The first-order chi connectivity index (χ1) is 16.5. The van der Waals surface area contributed by atoms with E-state index in [1.807, 2.05) is 41.0 Å². The molecule has 0 unspecified atom stereocenters. The SMILES string of the molecule is CCc1noc(CCC(=O)N2CC[C@H](Oc3cccc(Br)c3)[C@@H](CC(=O)N3CCOCC3)C2)n1. The van der Waals surface area contributed by atoms with Crippen LogP contribution in [0, 0.1) is 5.92 Å². The van der Waals surface area contributed by atoms with E-state index in [2.05, 4.69) is 26.1 Å². The van der Waals surface area contributed by atoms with Crippen LogP contribution >= 0.6 is 15.9 Å². The number of rotatable bonds is 8. The lowest BCUT2D eigenvalue weighted by Gasteiger charge is -2.39. The van der Waals surface area contributed by atoms with Crippen LogP contribution in [0.25, 0.3) is 0 Å². The van der Waals surface area contributed by atoms with Crippen LogP contribution in [0.1, 0.15) is 37.9 Å². The molecule has 1 aromatic heterocycles. The average Bonchev–Trinajstić information content (AvgIpc) is 3.32. The third-order valence-corrected chi connectivity index (χ3v) is 6.77. The smallest absolute Gasteiger partial charge is 0.227 e. The van der Waals surface area contributed by atoms with E-state index in [1.54, 1.807) is 0 Å². The lowest BCUT2D eigenvalue weighted by Crippen LogP contribution is -2.50. The van der Waals surface area contributed by atoms with Crippen LogP contribution in [0.2, 0.25) is 0 Å². The molecule has 2 fully saturated rings. The van der Waals surface area contributed by atoms with Crippen molar-refractivity contribution in [1.29, 1.82) is 0 Å². The van der Waals surface area contributed by atoms with E-state index in [9.17, 15) is 9.59 Å². The predicted molar refractivity (Wildman–Crippen MR) is 127 cm³/mol. The second-order valence-corrected chi connectivity index (χ2v) is 9.57. The van der Waals surface area contributed by atoms with E-state index in [4.69, 9.17) is 14.0 Å². The molecule has 184 valence electrons. The molecule has 0 spiro atoms. The van der Waals surface area contributed by atoms with Crippen LogP contribution in [0.15, 0.2) is 33.3 Å². The highest BCUT2D eigenvalue weighted by Gasteiger charge is 2.35. The van der Waals surface area contributed by atoms with Crippen molar-refractivity contribution in [3.8, 4) is 5.75 Å². The first kappa shape index (κ1) is 24.7. The average molecular weight is 535 g/mol. The van der Waals surface area contributed by atoms with Crippen molar-refractivity contribution in [1.82, 2.24) is 19.9 Å². The van der Waals surface area contributed by atoms with Crippen molar-refractivity contribution in [2.45, 2.75) is 45.1 Å². The first-order valence-corrected chi connectivity index (χ1v) is 12.7. The van der Waals surface area contributed by atoms with E-state index in [-0.39, 0.29) is 23.8 Å². The van der Waals surface area contributed by atoms with Gasteiger partial charge in [0.2, 0.25) is 17.7 Å². The van der Waals surface area contributed by atoms with Gasteiger partial charge in [-0.1, -0.05) is 34.1 Å². The Hall–Kier alpha value is -2.46. The number of hydrogen-bond acceptors (Lipinski definition) is 7. The standard InChI is InChI=1S/C24H31BrN4O5/c1-2-21-26-22(34-27-21)6-7-23(30)29-9-8-20(33-19-5-3-4-18(25)15-19)17(16-29)14-24(31)28-10-12-32-13-11-28/h3-5,15,17,20H,2,6-14,16H2,1H3/t17-,20-/m0/s1. The molecule has 3 heterocycles. The minimum absolute atomic E-state index is 0.0287. The second-order valence-electron chi connectivity index (χ2n) is 8.66. The fraction of sp³-hybridized carbons (Fsp3) is 0.583. The molecule has 34 heavy (non-hydrogen) atoms. The highest BCUT2D eigenvalue weighted by atomic mass is 79.9. The molecule has 2 aliphatic heterocycles. The normalized spacial score (nSPS) is 20.9. The first-order valence-electron chi connectivity index (χ1n) is 11.9. The molecule has 0 aliphatic carbocycles. The van der Waals surface area contributed by atoms with Crippen molar-refractivity contribution in [2.24, 2.45) is 5.92 Å². The number of aryl methyl sites for hydroxylation is 2. The number of nitrogens with zero attached hydrogens (tertiary/aromatic N) is 4. The minimum atomic E-state index is -0.147. The number of carbonyl (C=O) groups is 2. The van der Waals surface area contributed by atoms with E-state index < -0.39 is 0 Å². The molecule has 0 saturated carbocycles. The number of benzene rings is 1. The van der Waals surface area contributed by atoms with Crippen molar-refractivity contribution >= 4 is 27.7 Å². The zero-order chi connectivity index (χ0) is 23.9. The van der Waals surface area contributed by atoms with Crippen LogP contribution in [0.5, 0.6) is 5.75 Å². The van der Waals surface area contributed by atoms with Gasteiger partial charge in [-0.05, 0) is 18.2 Å². The minimum Gasteiger partial charge on any atom is -0.490 e. The van der Waals surface area contributed by atoms with Gasteiger partial charge in [-0.25, -0.2) is 0 Å². The molecule has 2 aromatic rings. The van der Waals surface area contributed by atoms with E-state index in [1.165, 1.54) is 0 Å². The Labute approximate surface area is 207 Å². The zero-order valence-electron chi connectivity index (χ0n) is 19.5. The molecule has 2 amide bonds. The summed E-state index contributed by atoms with van der Waals surface area (Å²) >= 11 is 3.48. The third-order valence-electron chi connectivity index (χ3n) is 6.28. The number of halogens is 1. The maximum absolute atomic E-state index is 13.0. The maximum atomic E-state index is 13.0. The van der Waals surface area contributed by atoms with Gasteiger partial charge >= 0.3 is 0 Å². The van der Waals surface area contributed by atoms with Gasteiger partial charge < -0.3 is 23.8 Å². The van der Waals surface area contributed by atoms with Crippen molar-refractivity contribution in [3.05, 3.63) is 40.5 Å². The van der Waals surface area contributed by atoms with Crippen molar-refractivity contribution < 1.29 is 23.6 Å². The molecule has 1 aromatic carbocycles. The summed E-state index contributed by atoms with van der Waals surface area (Å²) in [5.41, 5.74) is 0. The predicted octanol–water partition coefficient (Wildman–Crippen LogP) is 2.87. The van der Waals surface area contributed by atoms with Crippen LogP contribution in [-0.4, -0.2) is 77.3 Å². The molecule has 10 heteroatoms.